The van der Waals surface area contributed by atoms with Crippen LogP contribution < -0.4 is 5.32 Å². The molecule has 0 radical (unpaired) electrons. The highest BCUT2D eigenvalue weighted by Gasteiger charge is 2.25. The quantitative estimate of drug-likeness (QED) is 0.414. The third-order valence-corrected chi connectivity index (χ3v) is 7.10. The lowest BCUT2D eigenvalue weighted by Crippen LogP contribution is -2.30. The molecule has 0 saturated carbocycles. The zero-order valence-electron chi connectivity index (χ0n) is 17.0. The van der Waals surface area contributed by atoms with Crippen LogP contribution in [0.1, 0.15) is 24.3 Å². The van der Waals surface area contributed by atoms with Crippen LogP contribution >= 0.6 is 11.6 Å². The van der Waals surface area contributed by atoms with Crippen LogP contribution in [0, 0.1) is 0 Å². The van der Waals surface area contributed by atoms with Crippen molar-refractivity contribution < 1.29 is 17.7 Å². The number of amides is 1. The summed E-state index contributed by atoms with van der Waals surface area (Å²) in [5, 5.41) is 20.9. The minimum atomic E-state index is -3.72. The average Bonchev–Trinajstić information content (AvgIpc) is 3.45. The maximum absolute atomic E-state index is 13.0. The molecule has 166 valence electrons. The predicted molar refractivity (Wildman–Crippen MR) is 117 cm³/mol. The molecule has 0 spiro atoms. The van der Waals surface area contributed by atoms with E-state index in [2.05, 4.69) is 31.1 Å². The molecule has 0 fully saturated rings. The molecule has 1 amide bonds. The third-order valence-electron chi connectivity index (χ3n) is 4.82. The van der Waals surface area contributed by atoms with Crippen molar-refractivity contribution >= 4 is 44.2 Å². The number of carbonyl (C=O) groups is 1. The van der Waals surface area contributed by atoms with Crippen LogP contribution in [0.2, 0.25) is 5.02 Å². The predicted octanol–water partition coefficient (Wildman–Crippen LogP) is 2.94. The Morgan fingerprint density at radius 3 is 2.66 bits per heavy atom. The van der Waals surface area contributed by atoms with Gasteiger partial charge in [0.2, 0.25) is 15.8 Å². The van der Waals surface area contributed by atoms with Crippen LogP contribution in [0.5, 0.6) is 0 Å². The second-order valence-corrected chi connectivity index (χ2v) is 9.03. The number of H-pyrrole nitrogens is 1. The molecule has 0 aliphatic heterocycles. The highest BCUT2D eigenvalue weighted by molar-refractivity contribution is 7.89. The number of aromatic amines is 1. The summed E-state index contributed by atoms with van der Waals surface area (Å²) < 4.78 is 32.3. The number of halogens is 1. The SMILES string of the molecule is CCN(CC)S(=O)(=O)c1ccc2onc(C(=O)Nc3ccc(Cl)cc3-c3nn[nH]n3)c2c1. The summed E-state index contributed by atoms with van der Waals surface area (Å²) in [6, 6.07) is 9.05. The Balaban J connectivity index is 1.72. The minimum absolute atomic E-state index is 0.0462. The molecule has 2 N–H and O–H groups in total. The van der Waals surface area contributed by atoms with E-state index in [1.165, 1.54) is 22.5 Å². The number of sulfonamides is 1. The molecule has 11 nitrogen and oxygen atoms in total. The van der Waals surface area contributed by atoms with E-state index in [1.54, 1.807) is 32.0 Å². The molecule has 4 aromatic rings. The number of nitrogens with one attached hydrogen (secondary N) is 2. The largest absolute Gasteiger partial charge is 0.355 e. The van der Waals surface area contributed by atoms with Gasteiger partial charge in [0.05, 0.1) is 16.0 Å². The lowest BCUT2D eigenvalue weighted by molar-refractivity contribution is 0.102. The Bertz CT molecular complexity index is 1380. The Morgan fingerprint density at radius 2 is 1.97 bits per heavy atom. The number of hydrogen-bond donors (Lipinski definition) is 2. The molecule has 0 unspecified atom stereocenters. The van der Waals surface area contributed by atoms with Gasteiger partial charge in [-0.15, -0.1) is 10.2 Å². The average molecular weight is 476 g/mol. The van der Waals surface area contributed by atoms with E-state index in [4.69, 9.17) is 16.1 Å². The van der Waals surface area contributed by atoms with Crippen LogP contribution in [-0.2, 0) is 10.0 Å². The zero-order valence-corrected chi connectivity index (χ0v) is 18.6. The molecule has 2 aromatic heterocycles. The lowest BCUT2D eigenvalue weighted by atomic mass is 10.1. The highest BCUT2D eigenvalue weighted by Crippen LogP contribution is 2.30. The van der Waals surface area contributed by atoms with Crippen molar-refractivity contribution in [3.8, 4) is 11.4 Å². The molecule has 2 heterocycles. The van der Waals surface area contributed by atoms with Crippen molar-refractivity contribution in [1.82, 2.24) is 30.1 Å². The summed E-state index contributed by atoms with van der Waals surface area (Å²) in [5.41, 5.74) is 1.02. The number of fused-ring (bicyclic) bond motifs is 1. The van der Waals surface area contributed by atoms with Gasteiger partial charge in [0, 0.05) is 23.7 Å². The molecule has 0 atom stereocenters. The van der Waals surface area contributed by atoms with Gasteiger partial charge in [-0.1, -0.05) is 30.6 Å². The normalized spacial score (nSPS) is 11.9. The standard InChI is InChI=1S/C19H18ClN7O4S/c1-3-27(4-2)32(29,30)12-6-8-16-14(10-12)17(24-31-16)19(28)21-15-7-5-11(20)9-13(15)18-22-25-26-23-18/h5-10H,3-4H2,1-2H3,(H,21,28)(H,22,23,25,26). The number of aromatic nitrogens is 5. The summed E-state index contributed by atoms with van der Waals surface area (Å²) in [6.45, 7) is 4.16. The van der Waals surface area contributed by atoms with Gasteiger partial charge < -0.3 is 9.84 Å². The summed E-state index contributed by atoms with van der Waals surface area (Å²) in [7, 11) is -3.72. The Morgan fingerprint density at radius 1 is 1.19 bits per heavy atom. The van der Waals surface area contributed by atoms with Crippen molar-refractivity contribution in [2.75, 3.05) is 18.4 Å². The van der Waals surface area contributed by atoms with Crippen molar-refractivity contribution in [3.63, 3.8) is 0 Å². The van der Waals surface area contributed by atoms with Crippen LogP contribution in [-0.4, -0.2) is 57.5 Å². The highest BCUT2D eigenvalue weighted by atomic mass is 35.5. The first-order chi connectivity index (χ1) is 15.3. The Labute approximate surface area is 187 Å². The van der Waals surface area contributed by atoms with Gasteiger partial charge in [-0.05, 0) is 41.6 Å². The van der Waals surface area contributed by atoms with E-state index in [0.29, 0.717) is 29.4 Å². The lowest BCUT2D eigenvalue weighted by Gasteiger charge is -2.18. The summed E-state index contributed by atoms with van der Waals surface area (Å²) >= 11 is 6.07. The molecule has 13 heteroatoms. The van der Waals surface area contributed by atoms with E-state index >= 15 is 0 Å². The molecule has 2 aromatic carbocycles. The van der Waals surface area contributed by atoms with E-state index in [0.717, 1.165) is 0 Å². The van der Waals surface area contributed by atoms with Gasteiger partial charge in [0.1, 0.15) is 0 Å². The topological polar surface area (TPSA) is 147 Å². The fourth-order valence-electron chi connectivity index (χ4n) is 3.22. The molecule has 0 saturated heterocycles. The van der Waals surface area contributed by atoms with E-state index < -0.39 is 15.9 Å². The maximum Gasteiger partial charge on any atom is 0.278 e. The number of rotatable bonds is 7. The van der Waals surface area contributed by atoms with Crippen LogP contribution in [0.3, 0.4) is 0 Å². The third kappa shape index (κ3) is 3.95. The van der Waals surface area contributed by atoms with Gasteiger partial charge >= 0.3 is 0 Å². The van der Waals surface area contributed by atoms with Gasteiger partial charge in [-0.2, -0.15) is 9.52 Å². The van der Waals surface area contributed by atoms with Crippen LogP contribution in [0.25, 0.3) is 22.4 Å². The minimum Gasteiger partial charge on any atom is -0.355 e. The van der Waals surface area contributed by atoms with E-state index in [1.807, 2.05) is 0 Å². The Kier molecular flexibility index (Phi) is 5.91. The monoisotopic (exact) mass is 475 g/mol. The number of benzene rings is 2. The molecule has 0 aliphatic rings. The molecular weight excluding hydrogens is 458 g/mol. The van der Waals surface area contributed by atoms with Crippen LogP contribution in [0.4, 0.5) is 5.69 Å². The van der Waals surface area contributed by atoms with Gasteiger partial charge in [-0.25, -0.2) is 8.42 Å². The number of anilines is 1. The summed E-state index contributed by atoms with van der Waals surface area (Å²) in [4.78, 5) is 13.1. The first-order valence-corrected chi connectivity index (χ1v) is 11.4. The molecular formula is C19H18ClN7O4S. The number of carbonyl (C=O) groups excluding carboxylic acids is 1. The van der Waals surface area contributed by atoms with Gasteiger partial charge in [0.25, 0.3) is 5.91 Å². The van der Waals surface area contributed by atoms with Crippen molar-refractivity contribution in [2.45, 2.75) is 18.7 Å². The van der Waals surface area contributed by atoms with Crippen molar-refractivity contribution in [1.29, 1.82) is 0 Å². The maximum atomic E-state index is 13.0. The summed E-state index contributed by atoms with van der Waals surface area (Å²) in [5.74, 6) is -0.367. The van der Waals surface area contributed by atoms with Crippen LogP contribution in [0.15, 0.2) is 45.8 Å². The first-order valence-electron chi connectivity index (χ1n) is 9.59. The first kappa shape index (κ1) is 21.9. The second kappa shape index (κ2) is 8.65. The molecule has 0 aliphatic carbocycles. The van der Waals surface area contributed by atoms with Gasteiger partial charge in [0.15, 0.2) is 11.3 Å². The smallest absolute Gasteiger partial charge is 0.278 e. The van der Waals surface area contributed by atoms with Crippen molar-refractivity contribution in [2.24, 2.45) is 0 Å². The fraction of sp³-hybridized carbons (Fsp3) is 0.211. The van der Waals surface area contributed by atoms with E-state index in [9.17, 15) is 13.2 Å². The Hall–Kier alpha value is -3.35. The number of hydrogen-bond acceptors (Lipinski definition) is 8. The molecule has 32 heavy (non-hydrogen) atoms. The van der Waals surface area contributed by atoms with Gasteiger partial charge in [-0.3, -0.25) is 4.79 Å². The summed E-state index contributed by atoms with van der Waals surface area (Å²) in [6.07, 6.45) is 0. The molecule has 4 rings (SSSR count). The van der Waals surface area contributed by atoms with Crippen molar-refractivity contribution in [3.05, 3.63) is 47.1 Å². The number of nitrogens with zero attached hydrogens (tertiary/aromatic N) is 5. The second-order valence-electron chi connectivity index (χ2n) is 6.66. The zero-order chi connectivity index (χ0) is 22.9. The molecule has 0 bridgehead atoms. The fourth-order valence-corrected chi connectivity index (χ4v) is 4.88. The van der Waals surface area contributed by atoms with E-state index in [-0.39, 0.29) is 27.4 Å². The number of tetrazole rings is 1.